The van der Waals surface area contributed by atoms with Gasteiger partial charge in [0.25, 0.3) is 0 Å². The van der Waals surface area contributed by atoms with Crippen molar-refractivity contribution in [3.05, 3.63) is 71.2 Å². The Morgan fingerprint density at radius 2 is 1.92 bits per heavy atom. The number of aliphatic hydroxyl groups is 2. The highest BCUT2D eigenvalue weighted by atomic mass is 32.2. The van der Waals surface area contributed by atoms with Gasteiger partial charge in [-0.3, -0.25) is 13.7 Å². The van der Waals surface area contributed by atoms with Crippen LogP contribution in [0.5, 0.6) is 0 Å². The first kappa shape index (κ1) is 26.6. The van der Waals surface area contributed by atoms with Gasteiger partial charge in [0.1, 0.15) is 29.8 Å². The average Bonchev–Trinajstić information content (AvgIpc) is 3.41. The summed E-state index contributed by atoms with van der Waals surface area (Å²) in [5, 5.41) is 32.4. The molecule has 0 radical (unpaired) electrons. The van der Waals surface area contributed by atoms with E-state index in [1.807, 2.05) is 0 Å². The number of rotatable bonds is 9. The predicted molar refractivity (Wildman–Crippen MR) is 120 cm³/mol. The van der Waals surface area contributed by atoms with Crippen molar-refractivity contribution in [2.45, 2.75) is 31.2 Å². The van der Waals surface area contributed by atoms with Crippen LogP contribution < -0.4 is 10.5 Å². The summed E-state index contributed by atoms with van der Waals surface area (Å²) >= 11 is 0. The number of hydrogen-bond donors (Lipinski definition) is 4. The van der Waals surface area contributed by atoms with E-state index in [0.29, 0.717) is 12.1 Å². The fourth-order valence-corrected chi connectivity index (χ4v) is 4.33. The van der Waals surface area contributed by atoms with E-state index in [2.05, 4.69) is 24.6 Å². The molecule has 0 bridgehead atoms. The Morgan fingerprint density at radius 1 is 1.19 bits per heavy atom. The molecule has 37 heavy (non-hydrogen) atoms. The van der Waals surface area contributed by atoms with Gasteiger partial charge < -0.3 is 15.5 Å². The summed E-state index contributed by atoms with van der Waals surface area (Å²) in [4.78, 5) is 21.0. The lowest BCUT2D eigenvalue weighted by atomic mass is 10.1. The van der Waals surface area contributed by atoms with Gasteiger partial charge in [-0.15, -0.1) is 0 Å². The third-order valence-corrected chi connectivity index (χ3v) is 6.29. The second kappa shape index (κ2) is 10.5. The maximum absolute atomic E-state index is 14.0. The standard InChI is InChI=1S/C21H21F3N6O6S/c22-13-5-15(24)14(23)3-10(13)7-30-2-1-16(29-30)19(32)12-6-26-9-27-21(12)28-17-4-11(18(31)20(17)33)8-36-37(25,34)35/h1-3,5-6,9,11,17-18,20,31,33H,4,7-8H2,(H2,25,34,35)(H,26,27,28)/t11-,17-,18-,20+/m1/s1. The van der Waals surface area contributed by atoms with Crippen molar-refractivity contribution in [1.82, 2.24) is 19.7 Å². The van der Waals surface area contributed by atoms with Crippen LogP contribution in [0.3, 0.4) is 0 Å². The molecule has 1 aromatic carbocycles. The van der Waals surface area contributed by atoms with Gasteiger partial charge in [-0.05, 0) is 18.6 Å². The van der Waals surface area contributed by atoms with E-state index in [0.717, 1.165) is 11.0 Å². The Morgan fingerprint density at radius 3 is 2.65 bits per heavy atom. The number of carbonyl (C=O) groups excluding carboxylic acids is 1. The van der Waals surface area contributed by atoms with Crippen LogP contribution in [-0.2, 0) is 21.0 Å². The molecule has 3 aromatic rings. The third kappa shape index (κ3) is 6.11. The number of hydrogen-bond acceptors (Lipinski definition) is 10. The van der Waals surface area contributed by atoms with Crippen LogP contribution in [0.15, 0.2) is 36.9 Å². The van der Waals surface area contributed by atoms with Gasteiger partial charge in [0.05, 0.1) is 30.9 Å². The van der Waals surface area contributed by atoms with E-state index in [9.17, 15) is 36.6 Å². The summed E-state index contributed by atoms with van der Waals surface area (Å²) in [6.07, 6.45) is 1.06. The van der Waals surface area contributed by atoms with Crippen molar-refractivity contribution in [3.63, 3.8) is 0 Å². The number of aromatic nitrogens is 4. The van der Waals surface area contributed by atoms with Crippen LogP contribution in [0, 0.1) is 23.4 Å². The number of anilines is 1. The topological polar surface area (TPSA) is 183 Å². The summed E-state index contributed by atoms with van der Waals surface area (Å²) in [5.41, 5.74) is -0.314. The number of carbonyl (C=O) groups is 1. The zero-order valence-corrected chi connectivity index (χ0v) is 19.6. The molecule has 4 rings (SSSR count). The first-order chi connectivity index (χ1) is 17.4. The first-order valence-electron chi connectivity index (χ1n) is 10.7. The second-order valence-corrected chi connectivity index (χ2v) is 9.60. The number of nitrogens with zero attached hydrogens (tertiary/aromatic N) is 4. The molecule has 5 N–H and O–H groups in total. The molecule has 1 saturated carbocycles. The van der Waals surface area contributed by atoms with E-state index < -0.39 is 64.3 Å². The number of aliphatic hydroxyl groups excluding tert-OH is 2. The minimum absolute atomic E-state index is 0.00506. The molecule has 0 saturated heterocycles. The van der Waals surface area contributed by atoms with Crippen molar-refractivity contribution in [2.75, 3.05) is 11.9 Å². The second-order valence-electron chi connectivity index (χ2n) is 8.38. The van der Waals surface area contributed by atoms with Gasteiger partial charge in [-0.25, -0.2) is 28.3 Å². The minimum Gasteiger partial charge on any atom is -0.390 e. The number of halogens is 3. The van der Waals surface area contributed by atoms with Crippen molar-refractivity contribution in [2.24, 2.45) is 11.1 Å². The van der Waals surface area contributed by atoms with Crippen LogP contribution in [0.4, 0.5) is 19.0 Å². The zero-order chi connectivity index (χ0) is 26.9. The molecule has 0 unspecified atom stereocenters. The Balaban J connectivity index is 1.49. The molecular weight excluding hydrogens is 521 g/mol. The average molecular weight is 542 g/mol. The van der Waals surface area contributed by atoms with Gasteiger partial charge in [-0.1, -0.05) is 0 Å². The van der Waals surface area contributed by atoms with Crippen molar-refractivity contribution in [3.8, 4) is 0 Å². The maximum atomic E-state index is 14.0. The summed E-state index contributed by atoms with van der Waals surface area (Å²) in [6, 6.07) is 1.61. The van der Waals surface area contributed by atoms with Crippen LogP contribution in [0.2, 0.25) is 0 Å². The fraction of sp³-hybridized carbons (Fsp3) is 0.333. The Hall–Kier alpha value is -3.44. The Bertz CT molecular complexity index is 1420. The molecular formula is C21H21F3N6O6S. The first-order valence-corrected chi connectivity index (χ1v) is 12.2. The number of nitrogens with one attached hydrogen (secondary N) is 1. The van der Waals surface area contributed by atoms with Gasteiger partial charge >= 0.3 is 10.3 Å². The van der Waals surface area contributed by atoms with Crippen molar-refractivity contribution < 1.29 is 40.8 Å². The predicted octanol–water partition coefficient (Wildman–Crippen LogP) is 0.112. The van der Waals surface area contributed by atoms with Crippen LogP contribution in [0.1, 0.15) is 28.0 Å². The summed E-state index contributed by atoms with van der Waals surface area (Å²) in [7, 11) is -4.25. The number of ketones is 1. The summed E-state index contributed by atoms with van der Waals surface area (Å²) < 4.78 is 68.4. The monoisotopic (exact) mass is 542 g/mol. The molecule has 1 aliphatic carbocycles. The zero-order valence-electron chi connectivity index (χ0n) is 18.8. The SMILES string of the molecule is NS(=O)(=O)OC[C@H]1C[C@@H](Nc2ncncc2C(=O)c2ccn(Cc3cc(F)c(F)cc3F)n2)[C@H](O)[C@@H]1O. The highest BCUT2D eigenvalue weighted by Gasteiger charge is 2.42. The van der Waals surface area contributed by atoms with E-state index >= 15 is 0 Å². The molecule has 2 aromatic heterocycles. The molecule has 198 valence electrons. The van der Waals surface area contributed by atoms with Crippen molar-refractivity contribution >= 4 is 21.9 Å². The molecule has 1 fully saturated rings. The minimum atomic E-state index is -4.25. The normalized spacial score (nSPS) is 21.8. The fourth-order valence-electron chi connectivity index (χ4n) is 3.97. The largest absolute Gasteiger partial charge is 0.390 e. The number of benzene rings is 1. The molecule has 2 heterocycles. The van der Waals surface area contributed by atoms with E-state index in [1.54, 1.807) is 0 Å². The van der Waals surface area contributed by atoms with Gasteiger partial charge in [0.15, 0.2) is 11.6 Å². The summed E-state index contributed by atoms with van der Waals surface area (Å²) in [6.45, 7) is -0.734. The highest BCUT2D eigenvalue weighted by Crippen LogP contribution is 2.30. The molecule has 12 nitrogen and oxygen atoms in total. The quantitative estimate of drug-likeness (QED) is 0.214. The van der Waals surface area contributed by atoms with E-state index in [1.165, 1.54) is 18.5 Å². The van der Waals surface area contributed by atoms with Gasteiger partial charge in [0, 0.05) is 29.9 Å². The van der Waals surface area contributed by atoms with Gasteiger partial charge in [-0.2, -0.15) is 13.5 Å². The van der Waals surface area contributed by atoms with Crippen LogP contribution >= 0.6 is 0 Å². The maximum Gasteiger partial charge on any atom is 0.333 e. The molecule has 0 aliphatic heterocycles. The lowest BCUT2D eigenvalue weighted by Crippen LogP contribution is -2.36. The van der Waals surface area contributed by atoms with Crippen molar-refractivity contribution in [1.29, 1.82) is 0 Å². The third-order valence-electron chi connectivity index (χ3n) is 5.82. The molecule has 0 spiro atoms. The Kier molecular flexibility index (Phi) is 7.56. The lowest BCUT2D eigenvalue weighted by Gasteiger charge is -2.19. The Labute approximate surface area is 208 Å². The van der Waals surface area contributed by atoms with Crippen LogP contribution in [0.25, 0.3) is 0 Å². The summed E-state index contributed by atoms with van der Waals surface area (Å²) in [5.74, 6) is -4.95. The lowest BCUT2D eigenvalue weighted by molar-refractivity contribution is 0.00778. The smallest absolute Gasteiger partial charge is 0.333 e. The molecule has 16 heteroatoms. The molecule has 4 atom stereocenters. The van der Waals surface area contributed by atoms with E-state index in [4.69, 9.17) is 5.14 Å². The number of nitrogens with two attached hydrogens (primary N) is 1. The van der Waals surface area contributed by atoms with E-state index in [-0.39, 0.29) is 35.6 Å². The van der Waals surface area contributed by atoms with Crippen LogP contribution in [-0.4, -0.2) is 69.0 Å². The molecule has 0 amide bonds. The molecule has 1 aliphatic rings. The van der Waals surface area contributed by atoms with Gasteiger partial charge in [0.2, 0.25) is 5.78 Å². The highest BCUT2D eigenvalue weighted by molar-refractivity contribution is 7.84.